The molecule has 0 radical (unpaired) electrons. The molecule has 2 atom stereocenters. The summed E-state index contributed by atoms with van der Waals surface area (Å²) in [5.74, 6) is 1.18. The highest BCUT2D eigenvalue weighted by Crippen LogP contribution is 2.50. The third-order valence-electron chi connectivity index (χ3n) is 4.75. The molecule has 1 amide bonds. The molecule has 3 heteroatoms. The molecule has 1 saturated heterocycles. The average Bonchev–Trinajstić information content (AvgIpc) is 2.99. The molecule has 0 spiro atoms. The van der Waals surface area contributed by atoms with Crippen LogP contribution in [0.4, 0.5) is 0 Å². The van der Waals surface area contributed by atoms with Crippen LogP contribution in [0.5, 0.6) is 0 Å². The van der Waals surface area contributed by atoms with E-state index < -0.39 is 0 Å². The Morgan fingerprint density at radius 2 is 1.89 bits per heavy atom. The lowest BCUT2D eigenvalue weighted by Crippen LogP contribution is -2.44. The van der Waals surface area contributed by atoms with Gasteiger partial charge in [-0.05, 0) is 36.5 Å². The van der Waals surface area contributed by atoms with Gasteiger partial charge in [0.1, 0.15) is 0 Å². The fourth-order valence-electron chi connectivity index (χ4n) is 3.03. The van der Waals surface area contributed by atoms with Gasteiger partial charge in [-0.3, -0.25) is 10.1 Å². The second-order valence-electron chi connectivity index (χ2n) is 6.90. The molecule has 1 aliphatic heterocycles. The number of nitrogens with zero attached hydrogens (tertiary/aromatic N) is 1. The van der Waals surface area contributed by atoms with Gasteiger partial charge in [0.05, 0.1) is 12.2 Å². The third kappa shape index (κ3) is 2.42. The van der Waals surface area contributed by atoms with Gasteiger partial charge >= 0.3 is 0 Å². The van der Waals surface area contributed by atoms with Crippen LogP contribution in [-0.4, -0.2) is 29.6 Å². The van der Waals surface area contributed by atoms with Crippen molar-refractivity contribution < 1.29 is 4.79 Å². The first-order chi connectivity index (χ1) is 8.40. The van der Waals surface area contributed by atoms with Crippen molar-refractivity contribution in [1.29, 1.82) is 0 Å². The molecular weight excluding hydrogens is 224 g/mol. The summed E-state index contributed by atoms with van der Waals surface area (Å²) in [4.78, 5) is 14.7. The Kier molecular flexibility index (Phi) is 3.72. The van der Waals surface area contributed by atoms with Crippen LogP contribution in [0, 0.1) is 17.3 Å². The lowest BCUT2D eigenvalue weighted by molar-refractivity contribution is -0.132. The molecule has 2 rings (SSSR count). The van der Waals surface area contributed by atoms with Gasteiger partial charge in [0.25, 0.3) is 0 Å². The number of carbonyl (C=O) groups is 1. The molecular formula is C15H28N2O. The monoisotopic (exact) mass is 252 g/mol. The van der Waals surface area contributed by atoms with E-state index in [4.69, 9.17) is 0 Å². The molecule has 1 N–H and O–H groups in total. The highest BCUT2D eigenvalue weighted by atomic mass is 16.2. The van der Waals surface area contributed by atoms with Gasteiger partial charge in [-0.25, -0.2) is 0 Å². The molecule has 0 aromatic rings. The van der Waals surface area contributed by atoms with Gasteiger partial charge in [0, 0.05) is 6.54 Å². The molecule has 2 fully saturated rings. The summed E-state index contributed by atoms with van der Waals surface area (Å²) < 4.78 is 0. The lowest BCUT2D eigenvalue weighted by Gasteiger charge is -2.30. The predicted molar refractivity (Wildman–Crippen MR) is 74.1 cm³/mol. The summed E-state index contributed by atoms with van der Waals surface area (Å²) >= 11 is 0. The average molecular weight is 252 g/mol. The SMILES string of the molecule is CCC1(CN2C(=O)C(C(C)C)NC2C(C)C)CC1. The Balaban J connectivity index is 2.12. The van der Waals surface area contributed by atoms with Crippen LogP contribution in [0.1, 0.15) is 53.9 Å². The third-order valence-corrected chi connectivity index (χ3v) is 4.75. The van der Waals surface area contributed by atoms with E-state index in [1.807, 2.05) is 0 Å². The zero-order valence-corrected chi connectivity index (χ0v) is 12.5. The van der Waals surface area contributed by atoms with Crippen LogP contribution >= 0.6 is 0 Å². The van der Waals surface area contributed by atoms with Gasteiger partial charge in [-0.15, -0.1) is 0 Å². The normalized spacial score (nSPS) is 30.6. The maximum atomic E-state index is 12.5. The van der Waals surface area contributed by atoms with E-state index >= 15 is 0 Å². The van der Waals surface area contributed by atoms with Crippen molar-refractivity contribution in [3.05, 3.63) is 0 Å². The van der Waals surface area contributed by atoms with Crippen LogP contribution in [0.25, 0.3) is 0 Å². The molecule has 2 aliphatic rings. The molecule has 1 saturated carbocycles. The number of rotatable bonds is 5. The molecule has 1 aliphatic carbocycles. The van der Waals surface area contributed by atoms with E-state index in [0.29, 0.717) is 23.2 Å². The van der Waals surface area contributed by atoms with Gasteiger partial charge in [-0.1, -0.05) is 34.6 Å². The first kappa shape index (κ1) is 13.9. The van der Waals surface area contributed by atoms with Crippen molar-refractivity contribution in [2.45, 2.75) is 66.1 Å². The maximum absolute atomic E-state index is 12.5. The number of amides is 1. The predicted octanol–water partition coefficient (Wildman–Crippen LogP) is 2.62. The van der Waals surface area contributed by atoms with Crippen LogP contribution in [-0.2, 0) is 4.79 Å². The zero-order chi connectivity index (χ0) is 13.5. The molecule has 1 heterocycles. The van der Waals surface area contributed by atoms with E-state index in [2.05, 4.69) is 44.8 Å². The van der Waals surface area contributed by atoms with E-state index in [1.54, 1.807) is 0 Å². The molecule has 3 nitrogen and oxygen atoms in total. The largest absolute Gasteiger partial charge is 0.325 e. The van der Waals surface area contributed by atoms with Crippen LogP contribution in [0.2, 0.25) is 0 Å². The number of hydrogen-bond acceptors (Lipinski definition) is 2. The first-order valence-corrected chi connectivity index (χ1v) is 7.47. The standard InChI is InChI=1S/C15H28N2O/c1-6-15(7-8-15)9-17-13(11(4)5)16-12(10(2)3)14(17)18/h10-13,16H,6-9H2,1-5H3. The van der Waals surface area contributed by atoms with Crippen molar-refractivity contribution in [2.75, 3.05) is 6.54 Å². The Hall–Kier alpha value is -0.570. The van der Waals surface area contributed by atoms with Crippen LogP contribution < -0.4 is 5.32 Å². The van der Waals surface area contributed by atoms with Gasteiger partial charge in [0.2, 0.25) is 5.91 Å². The molecule has 104 valence electrons. The first-order valence-electron chi connectivity index (χ1n) is 7.47. The minimum Gasteiger partial charge on any atom is -0.325 e. The highest BCUT2D eigenvalue weighted by Gasteiger charge is 2.48. The lowest BCUT2D eigenvalue weighted by atomic mass is 10.0. The van der Waals surface area contributed by atoms with E-state index in [9.17, 15) is 4.79 Å². The van der Waals surface area contributed by atoms with Crippen molar-refractivity contribution in [2.24, 2.45) is 17.3 Å². The van der Waals surface area contributed by atoms with Crippen molar-refractivity contribution in [1.82, 2.24) is 10.2 Å². The van der Waals surface area contributed by atoms with E-state index in [0.717, 1.165) is 6.54 Å². The van der Waals surface area contributed by atoms with Gasteiger partial charge in [0.15, 0.2) is 0 Å². The summed E-state index contributed by atoms with van der Waals surface area (Å²) in [5.41, 5.74) is 0.441. The Labute approximate surface area is 111 Å². The Morgan fingerprint density at radius 3 is 2.28 bits per heavy atom. The smallest absolute Gasteiger partial charge is 0.241 e. The van der Waals surface area contributed by atoms with Crippen LogP contribution in [0.3, 0.4) is 0 Å². The highest BCUT2D eigenvalue weighted by molar-refractivity contribution is 5.84. The number of carbonyl (C=O) groups excluding carboxylic acids is 1. The minimum absolute atomic E-state index is 0.0186. The van der Waals surface area contributed by atoms with Gasteiger partial charge in [-0.2, -0.15) is 0 Å². The summed E-state index contributed by atoms with van der Waals surface area (Å²) in [5, 5.41) is 3.54. The molecule has 0 aromatic heterocycles. The second kappa shape index (κ2) is 4.84. The fourth-order valence-corrected chi connectivity index (χ4v) is 3.03. The van der Waals surface area contributed by atoms with E-state index in [-0.39, 0.29) is 12.2 Å². The van der Waals surface area contributed by atoms with Gasteiger partial charge < -0.3 is 4.90 Å². The van der Waals surface area contributed by atoms with Crippen molar-refractivity contribution in [3.8, 4) is 0 Å². The van der Waals surface area contributed by atoms with E-state index in [1.165, 1.54) is 19.3 Å². The molecule has 18 heavy (non-hydrogen) atoms. The van der Waals surface area contributed by atoms with Crippen molar-refractivity contribution in [3.63, 3.8) is 0 Å². The fraction of sp³-hybridized carbons (Fsp3) is 0.933. The number of hydrogen-bond donors (Lipinski definition) is 1. The summed E-state index contributed by atoms with van der Waals surface area (Å²) in [6.45, 7) is 11.9. The molecule has 0 bridgehead atoms. The molecule has 0 aromatic carbocycles. The summed E-state index contributed by atoms with van der Waals surface area (Å²) in [7, 11) is 0. The quantitative estimate of drug-likeness (QED) is 0.816. The molecule has 2 unspecified atom stereocenters. The Bertz CT molecular complexity index is 320. The zero-order valence-electron chi connectivity index (χ0n) is 12.5. The van der Waals surface area contributed by atoms with Crippen molar-refractivity contribution >= 4 is 5.91 Å². The maximum Gasteiger partial charge on any atom is 0.241 e. The summed E-state index contributed by atoms with van der Waals surface area (Å²) in [6, 6.07) is 0.0186. The summed E-state index contributed by atoms with van der Waals surface area (Å²) in [6.07, 6.45) is 4.02. The minimum atomic E-state index is 0.0186. The second-order valence-corrected chi connectivity index (χ2v) is 6.90. The topological polar surface area (TPSA) is 32.3 Å². The van der Waals surface area contributed by atoms with Crippen LogP contribution in [0.15, 0.2) is 0 Å². The number of nitrogens with one attached hydrogen (secondary N) is 1. The Morgan fingerprint density at radius 1 is 1.28 bits per heavy atom.